The number of nitrogens with zero attached hydrogens (tertiary/aromatic N) is 12. The third-order valence-electron chi connectivity index (χ3n) is 21.8. The lowest BCUT2D eigenvalue weighted by atomic mass is 9.80. The Kier molecular flexibility index (Phi) is 29.5. The van der Waals surface area contributed by atoms with Crippen molar-refractivity contribution in [3.8, 4) is 29.1 Å². The number of imidazole rings is 3. The van der Waals surface area contributed by atoms with Crippen LogP contribution in [-0.4, -0.2) is 170 Å². The molecule has 682 valence electrons. The van der Waals surface area contributed by atoms with Gasteiger partial charge in [0.25, 0.3) is 25.6 Å². The lowest BCUT2D eigenvalue weighted by Crippen LogP contribution is -2.38. The molecule has 0 saturated carbocycles. The van der Waals surface area contributed by atoms with E-state index in [1.54, 1.807) is 101 Å². The van der Waals surface area contributed by atoms with Crippen molar-refractivity contribution in [1.82, 2.24) is 63.2 Å². The fraction of sp³-hybridized carbons (Fsp3) is 0.375. The number of aromatic amines is 2. The number of carbonyl (C=O) groups is 3. The molecular weight excluding hydrogens is 1780 g/mol. The van der Waals surface area contributed by atoms with Gasteiger partial charge in [-0.1, -0.05) is 148 Å². The van der Waals surface area contributed by atoms with Crippen LogP contribution in [0.15, 0.2) is 193 Å². The second kappa shape index (κ2) is 41.0. The second-order valence-electron chi connectivity index (χ2n) is 31.9. The molecule has 3 aliphatic rings. The summed E-state index contributed by atoms with van der Waals surface area (Å²) in [5, 5.41) is 18.0. The van der Waals surface area contributed by atoms with E-state index >= 15 is 9.13 Å². The van der Waals surface area contributed by atoms with Gasteiger partial charge >= 0.3 is 15.4 Å². The topological polar surface area (TPSA) is 439 Å². The first-order chi connectivity index (χ1) is 62.6. The van der Waals surface area contributed by atoms with Crippen LogP contribution in [0.4, 0.5) is 17.7 Å². The van der Waals surface area contributed by atoms with Crippen LogP contribution in [0, 0.1) is 23.2 Å². The number of rotatable bonds is 39. The van der Waals surface area contributed by atoms with Gasteiger partial charge in [0.2, 0.25) is 23.7 Å². The molecule has 3 aliphatic heterocycles. The number of nitriles is 1. The maximum atomic E-state index is 16.9. The van der Waals surface area contributed by atoms with Crippen LogP contribution in [-0.2, 0) is 65.9 Å². The number of phosphoric ester groups is 1. The summed E-state index contributed by atoms with van der Waals surface area (Å²) in [5.74, 6) is -1.76. The fourth-order valence-electron chi connectivity index (χ4n) is 15.4. The lowest BCUT2D eigenvalue weighted by Gasteiger charge is -2.37. The Morgan fingerprint density at radius 1 is 0.577 bits per heavy atom. The fourth-order valence-corrected chi connectivity index (χ4v) is 20.9. The van der Waals surface area contributed by atoms with Crippen molar-refractivity contribution >= 4 is 116 Å². The molecule has 5 N–H and O–H groups in total. The third-order valence-corrected chi connectivity index (χ3v) is 27.9. The first-order valence-corrected chi connectivity index (χ1v) is 47.1. The second-order valence-corrected chi connectivity index (χ2v) is 37.8. The minimum atomic E-state index is -5.32. The highest BCUT2D eigenvalue weighted by molar-refractivity contribution is 7.54. The van der Waals surface area contributed by atoms with Crippen molar-refractivity contribution in [3.63, 3.8) is 0 Å². The van der Waals surface area contributed by atoms with E-state index in [0.29, 0.717) is 33.8 Å². The molecule has 15 rings (SSSR count). The number of halogens is 2. The van der Waals surface area contributed by atoms with Gasteiger partial charge in [-0.25, -0.2) is 38.7 Å². The maximum absolute atomic E-state index is 16.9. The number of para-hydroxylation sites is 2. The van der Waals surface area contributed by atoms with Crippen LogP contribution in [0.5, 0.6) is 23.0 Å². The van der Waals surface area contributed by atoms with E-state index in [-0.39, 0.29) is 130 Å². The van der Waals surface area contributed by atoms with E-state index in [9.17, 15) is 29.2 Å². The van der Waals surface area contributed by atoms with Gasteiger partial charge in [-0.15, -0.1) is 0 Å². The van der Waals surface area contributed by atoms with E-state index in [1.807, 2.05) is 111 Å². The van der Waals surface area contributed by atoms with Crippen molar-refractivity contribution in [2.75, 3.05) is 56.2 Å². The quantitative estimate of drug-likeness (QED) is 0.0136. The number of benzene rings is 6. The largest absolute Gasteiger partial charge is 0.530 e. The number of nitrogens with one attached hydrogen (secondary N) is 5. The number of aromatic nitrogens is 12. The Balaban J connectivity index is 0.819. The molecule has 6 aromatic heterocycles. The summed E-state index contributed by atoms with van der Waals surface area (Å²) < 4.78 is 128. The molecule has 0 aliphatic carbocycles. The summed E-state index contributed by atoms with van der Waals surface area (Å²) in [5.41, 5.74) is -0.389. The number of hydrogen-bond donors (Lipinski definition) is 5. The van der Waals surface area contributed by atoms with Crippen LogP contribution in [0.3, 0.4) is 0 Å². The van der Waals surface area contributed by atoms with Crippen molar-refractivity contribution in [2.45, 2.75) is 160 Å². The lowest BCUT2D eigenvalue weighted by molar-refractivity contribution is -0.119. The minimum absolute atomic E-state index is 0.00160. The summed E-state index contributed by atoms with van der Waals surface area (Å²) in [6, 6.07) is 47.1. The molecule has 3 fully saturated rings. The summed E-state index contributed by atoms with van der Waals surface area (Å²) in [6.45, 7) is 13.4. The number of methoxy groups -OCH3 is 2. The highest BCUT2D eigenvalue weighted by Gasteiger charge is 2.51. The number of H-pyrrole nitrogens is 2. The number of phosphoric acid groups is 1. The Morgan fingerprint density at radius 3 is 1.58 bits per heavy atom. The van der Waals surface area contributed by atoms with Gasteiger partial charge in [0, 0.05) is 48.7 Å². The molecular formula is C88H96Cl2N17O20P3. The number of fused-ring (bicyclic) bond motifs is 3. The zero-order chi connectivity index (χ0) is 91.7. The average molecular weight is 1880 g/mol. The third kappa shape index (κ3) is 21.0. The monoisotopic (exact) mass is 1870 g/mol. The number of ether oxygens (including phenoxy) is 6. The minimum Gasteiger partial charge on any atom is -0.497 e. The summed E-state index contributed by atoms with van der Waals surface area (Å²) in [7, 11) is -9.03. The van der Waals surface area contributed by atoms with Gasteiger partial charge in [0.15, 0.2) is 39.3 Å². The number of amides is 3. The average Bonchev–Trinajstić information content (AvgIpc) is 1.13. The van der Waals surface area contributed by atoms with Crippen LogP contribution in [0.1, 0.15) is 133 Å². The van der Waals surface area contributed by atoms with E-state index < -0.39 is 138 Å². The Hall–Kier alpha value is -11.3. The SMILES string of the molecule is COc1ccc(C(OC[C@H]2O[C@@H](n3cnc4c(NC(=O)c5ccccc5)ncnc43)C[C@@H]2OP(=O)(OC[C@H]2O[C@@H](n3cnc4c(=O)[nH]c(NC(=O)C(C)C)nc43)C[C@@H]2OP(=O)(CC[C@H]2O[C@@H](n3cnc4c(=O)[nH]c(NC(=O)C(C)C)nc43)C[C@@H]2OP(OCCC#N)N(C(C)C)C(C)C)Oc2ccccc2Cl)Oc2ccccc2Cl)(c2ccccc2)c2ccc(OC)cc2)cc1. The number of anilines is 3. The summed E-state index contributed by atoms with van der Waals surface area (Å²) in [4.78, 5) is 105. The molecule has 3 amide bonds. The molecule has 12 aromatic rings. The first kappa shape index (κ1) is 93.4. The Bertz CT molecular complexity index is 6230. The highest BCUT2D eigenvalue weighted by atomic mass is 35.5. The highest BCUT2D eigenvalue weighted by Crippen LogP contribution is 2.59. The molecule has 37 nitrogen and oxygen atoms in total. The van der Waals surface area contributed by atoms with E-state index in [1.165, 1.54) is 58.7 Å². The molecule has 6 aromatic carbocycles. The van der Waals surface area contributed by atoms with Crippen LogP contribution in [0.2, 0.25) is 10.0 Å². The normalized spacial score (nSPS) is 20.0. The van der Waals surface area contributed by atoms with E-state index in [4.69, 9.17) is 88.3 Å². The number of carbonyl (C=O) groups excluding carboxylic acids is 3. The molecule has 0 bridgehead atoms. The van der Waals surface area contributed by atoms with Gasteiger partial charge in [0.05, 0.1) is 93.9 Å². The first-order valence-electron chi connectivity index (χ1n) is 42.0. The predicted molar refractivity (Wildman–Crippen MR) is 481 cm³/mol. The molecule has 3 unspecified atom stereocenters. The van der Waals surface area contributed by atoms with Crippen LogP contribution >= 0.6 is 47.1 Å². The predicted octanol–water partition coefficient (Wildman–Crippen LogP) is 16.0. The molecule has 130 heavy (non-hydrogen) atoms. The molecule has 0 radical (unpaired) electrons. The zero-order valence-corrected chi connectivity index (χ0v) is 76.5. The molecule has 42 heteroatoms. The Morgan fingerprint density at radius 2 is 1.05 bits per heavy atom. The standard InChI is InChI=1S/C88H96Cl2N17O20P3/c1-51(2)81(108)100-86-98-79-75(84(111)102-86)95-49-105(79)71-42-66(123-128(118-40-21-39-91)107(53(5)6)54(7)8)65(120-71)38-41-129(113,124-63-28-19-17-26-61(63)89)125-67-43-73(106-50-96-76-80(106)99-87(103-85(76)112)101-82(109)52(3)4)122-70(67)46-119-130(114,126-64-29-20-18-27-62(64)90)127-68-44-72(104-48-94-74-77(92-47-93-78(74)104)97-83(110)55-22-13-11-14-23-55)121-69(68)45-117-88(56-24-15-12-16-25-56,57-30-34-59(115-9)35-31-57)58-32-36-60(116-10)37-33-58/h11-20,22-37,47-54,65-73H,21,38,40-46H2,1-10H3,(H,92,93,97,110)(H2,98,100,102,108,111)(H2,99,101,103,109,112)/t65-,66+,67+,68+,69-,70-,71-,72-,73-,128?,129?,130?/m1/s1. The smallest absolute Gasteiger partial charge is 0.497 e. The summed E-state index contributed by atoms with van der Waals surface area (Å²) in [6.07, 6.45) is -6.73. The molecule has 9 heterocycles. The number of hydrogen-bond acceptors (Lipinski definition) is 29. The van der Waals surface area contributed by atoms with Crippen LogP contribution < -0.4 is 45.6 Å². The van der Waals surface area contributed by atoms with Gasteiger partial charge in [-0.3, -0.25) is 71.8 Å². The van der Waals surface area contributed by atoms with Crippen LogP contribution in [0.25, 0.3) is 33.5 Å². The van der Waals surface area contributed by atoms with Crippen molar-refractivity contribution in [3.05, 3.63) is 236 Å². The summed E-state index contributed by atoms with van der Waals surface area (Å²) >= 11 is 13.9. The Labute approximate surface area is 757 Å². The van der Waals surface area contributed by atoms with E-state index in [2.05, 4.69) is 61.9 Å². The van der Waals surface area contributed by atoms with Gasteiger partial charge in [-0.2, -0.15) is 15.2 Å². The molecule has 0 spiro atoms. The molecule has 12 atom stereocenters. The maximum Gasteiger partial charge on any atom is 0.530 e. The van der Waals surface area contributed by atoms with Gasteiger partial charge in [0.1, 0.15) is 78.0 Å². The van der Waals surface area contributed by atoms with Gasteiger partial charge in [-0.05, 0) is 111 Å². The van der Waals surface area contributed by atoms with Crippen molar-refractivity contribution < 1.29 is 83.6 Å². The molecule has 3 saturated heterocycles. The van der Waals surface area contributed by atoms with E-state index in [0.717, 1.165) is 0 Å². The van der Waals surface area contributed by atoms with Crippen molar-refractivity contribution in [1.29, 1.82) is 5.26 Å². The van der Waals surface area contributed by atoms with Crippen molar-refractivity contribution in [2.24, 2.45) is 11.8 Å². The van der Waals surface area contributed by atoms with Gasteiger partial charge < -0.3 is 51.8 Å². The zero-order valence-electron chi connectivity index (χ0n) is 72.3.